The zero-order chi connectivity index (χ0) is 22.2. The molecule has 2 aromatic rings. The standard InChI is InChI=1S/C23H27N3O4S/c1-15-3-7-21(16(2)13-15)31(29,30)26-11-9-17(10-12-26)23(28)24-19-5-6-20-18(14-19)4-8-22(27)25-20/h3,5-7,13-14,17H,4,8-12H2,1-2H3,(H,24,28)(H,25,27). The van der Waals surface area contributed by atoms with Gasteiger partial charge in [0.2, 0.25) is 21.8 Å². The maximum atomic E-state index is 13.0. The molecule has 4 rings (SSSR count). The van der Waals surface area contributed by atoms with Crippen LogP contribution in [0.4, 0.5) is 11.4 Å². The van der Waals surface area contributed by atoms with Gasteiger partial charge in [0.05, 0.1) is 4.90 Å². The molecule has 2 aromatic carbocycles. The van der Waals surface area contributed by atoms with Crippen LogP contribution in [0.3, 0.4) is 0 Å². The number of hydrogen-bond donors (Lipinski definition) is 2. The smallest absolute Gasteiger partial charge is 0.243 e. The van der Waals surface area contributed by atoms with E-state index in [0.717, 1.165) is 22.4 Å². The van der Waals surface area contributed by atoms with Gasteiger partial charge in [-0.1, -0.05) is 17.7 Å². The molecule has 2 heterocycles. The normalized spacial score (nSPS) is 17.7. The van der Waals surface area contributed by atoms with Gasteiger partial charge in [-0.25, -0.2) is 8.42 Å². The lowest BCUT2D eigenvalue weighted by atomic mass is 9.97. The number of rotatable bonds is 4. The van der Waals surface area contributed by atoms with Gasteiger partial charge < -0.3 is 10.6 Å². The van der Waals surface area contributed by atoms with E-state index >= 15 is 0 Å². The highest BCUT2D eigenvalue weighted by atomic mass is 32.2. The molecule has 1 fully saturated rings. The minimum Gasteiger partial charge on any atom is -0.326 e. The van der Waals surface area contributed by atoms with E-state index in [1.807, 2.05) is 32.0 Å². The monoisotopic (exact) mass is 441 g/mol. The number of nitrogens with zero attached hydrogens (tertiary/aromatic N) is 1. The maximum absolute atomic E-state index is 13.0. The topological polar surface area (TPSA) is 95.6 Å². The molecular weight excluding hydrogens is 414 g/mol. The van der Waals surface area contributed by atoms with Crippen molar-refractivity contribution in [1.29, 1.82) is 0 Å². The van der Waals surface area contributed by atoms with Crippen molar-refractivity contribution in [1.82, 2.24) is 4.31 Å². The summed E-state index contributed by atoms with van der Waals surface area (Å²) >= 11 is 0. The summed E-state index contributed by atoms with van der Waals surface area (Å²) in [7, 11) is -3.57. The highest BCUT2D eigenvalue weighted by molar-refractivity contribution is 7.89. The number of carbonyl (C=O) groups excluding carboxylic acids is 2. The van der Waals surface area contributed by atoms with Crippen LogP contribution in [0, 0.1) is 19.8 Å². The minimum atomic E-state index is -3.57. The number of carbonyl (C=O) groups is 2. The SMILES string of the molecule is Cc1ccc(S(=O)(=O)N2CCC(C(=O)Nc3ccc4c(c3)CCC(=O)N4)CC2)c(C)c1. The molecule has 0 spiro atoms. The number of nitrogens with one attached hydrogen (secondary N) is 2. The highest BCUT2D eigenvalue weighted by Gasteiger charge is 2.33. The Labute approximate surface area is 182 Å². The fraction of sp³-hybridized carbons (Fsp3) is 0.391. The first-order valence-corrected chi connectivity index (χ1v) is 12.0. The summed E-state index contributed by atoms with van der Waals surface area (Å²) in [6, 6.07) is 10.8. The van der Waals surface area contributed by atoms with Gasteiger partial charge in [0, 0.05) is 36.8 Å². The summed E-state index contributed by atoms with van der Waals surface area (Å²) in [5.41, 5.74) is 4.26. The minimum absolute atomic E-state index is 0.00632. The van der Waals surface area contributed by atoms with Gasteiger partial charge in [0.25, 0.3) is 0 Å². The van der Waals surface area contributed by atoms with Crippen LogP contribution in [0.15, 0.2) is 41.3 Å². The second kappa shape index (κ2) is 8.43. The third-order valence-electron chi connectivity index (χ3n) is 6.04. The zero-order valence-corrected chi connectivity index (χ0v) is 18.6. The molecule has 1 saturated heterocycles. The molecule has 0 saturated carbocycles. The van der Waals surface area contributed by atoms with Gasteiger partial charge in [-0.05, 0) is 68.5 Å². The Morgan fingerprint density at radius 3 is 2.52 bits per heavy atom. The van der Waals surface area contributed by atoms with E-state index in [0.29, 0.717) is 49.4 Å². The van der Waals surface area contributed by atoms with Gasteiger partial charge in [0.15, 0.2) is 0 Å². The number of hydrogen-bond acceptors (Lipinski definition) is 4. The van der Waals surface area contributed by atoms with Gasteiger partial charge >= 0.3 is 0 Å². The number of fused-ring (bicyclic) bond motifs is 1. The molecule has 2 amide bonds. The fourth-order valence-electron chi connectivity index (χ4n) is 4.29. The van der Waals surface area contributed by atoms with Crippen molar-refractivity contribution in [3.8, 4) is 0 Å². The van der Waals surface area contributed by atoms with Crippen LogP contribution in [0.25, 0.3) is 0 Å². The van der Waals surface area contributed by atoms with E-state index in [9.17, 15) is 18.0 Å². The molecule has 0 atom stereocenters. The molecule has 0 bridgehead atoms. The molecule has 7 nitrogen and oxygen atoms in total. The number of benzene rings is 2. The number of aryl methyl sites for hydroxylation is 3. The van der Waals surface area contributed by atoms with Gasteiger partial charge in [-0.15, -0.1) is 0 Å². The van der Waals surface area contributed by atoms with E-state index in [2.05, 4.69) is 10.6 Å². The van der Waals surface area contributed by atoms with Gasteiger partial charge in [-0.2, -0.15) is 4.31 Å². The summed E-state index contributed by atoms with van der Waals surface area (Å²) in [4.78, 5) is 24.6. The molecule has 2 N–H and O–H groups in total. The Kier molecular flexibility index (Phi) is 5.85. The number of anilines is 2. The molecule has 2 aliphatic heterocycles. The molecule has 0 aromatic heterocycles. The van der Waals surface area contributed by atoms with E-state index < -0.39 is 10.0 Å². The fourth-order valence-corrected chi connectivity index (χ4v) is 5.97. The lowest BCUT2D eigenvalue weighted by molar-refractivity contribution is -0.121. The first kappa shape index (κ1) is 21.5. The average molecular weight is 442 g/mol. The van der Waals surface area contributed by atoms with E-state index in [1.54, 1.807) is 18.2 Å². The summed E-state index contributed by atoms with van der Waals surface area (Å²) < 4.78 is 27.6. The average Bonchev–Trinajstić information content (AvgIpc) is 2.73. The van der Waals surface area contributed by atoms with Crippen molar-refractivity contribution in [2.75, 3.05) is 23.7 Å². The van der Waals surface area contributed by atoms with Gasteiger partial charge in [0.1, 0.15) is 0 Å². The summed E-state index contributed by atoms with van der Waals surface area (Å²) in [6.07, 6.45) is 2.06. The molecule has 2 aliphatic rings. The van der Waals surface area contributed by atoms with Crippen LogP contribution >= 0.6 is 0 Å². The number of amides is 2. The van der Waals surface area contributed by atoms with Crippen LogP contribution in [0.2, 0.25) is 0 Å². The molecule has 31 heavy (non-hydrogen) atoms. The Bertz CT molecular complexity index is 1140. The van der Waals surface area contributed by atoms with Gasteiger partial charge in [-0.3, -0.25) is 9.59 Å². The second-order valence-electron chi connectivity index (χ2n) is 8.36. The predicted molar refractivity (Wildman–Crippen MR) is 119 cm³/mol. The summed E-state index contributed by atoms with van der Waals surface area (Å²) in [5, 5.41) is 5.78. The van der Waals surface area contributed by atoms with Crippen LogP contribution in [-0.2, 0) is 26.0 Å². The first-order chi connectivity index (χ1) is 14.7. The van der Waals surface area contributed by atoms with E-state index in [4.69, 9.17) is 0 Å². The maximum Gasteiger partial charge on any atom is 0.243 e. The first-order valence-electron chi connectivity index (χ1n) is 10.5. The molecule has 0 unspecified atom stereocenters. The number of piperidine rings is 1. The molecular formula is C23H27N3O4S. The molecule has 164 valence electrons. The van der Waals surface area contributed by atoms with Crippen LogP contribution in [-0.4, -0.2) is 37.6 Å². The second-order valence-corrected chi connectivity index (χ2v) is 10.3. The van der Waals surface area contributed by atoms with Crippen molar-refractivity contribution in [3.05, 3.63) is 53.1 Å². The van der Waals surface area contributed by atoms with Crippen molar-refractivity contribution < 1.29 is 18.0 Å². The largest absolute Gasteiger partial charge is 0.326 e. The Balaban J connectivity index is 1.38. The quantitative estimate of drug-likeness (QED) is 0.762. The van der Waals surface area contributed by atoms with Crippen molar-refractivity contribution in [2.24, 2.45) is 5.92 Å². The third-order valence-corrected chi connectivity index (χ3v) is 8.10. The lowest BCUT2D eigenvalue weighted by Gasteiger charge is -2.31. The van der Waals surface area contributed by atoms with Crippen molar-refractivity contribution >= 4 is 33.2 Å². The van der Waals surface area contributed by atoms with Crippen molar-refractivity contribution in [3.63, 3.8) is 0 Å². The predicted octanol–water partition coefficient (Wildman–Crippen LogP) is 3.23. The van der Waals surface area contributed by atoms with Crippen LogP contribution in [0.1, 0.15) is 36.0 Å². The van der Waals surface area contributed by atoms with E-state index in [1.165, 1.54) is 4.31 Å². The summed E-state index contributed by atoms with van der Waals surface area (Å²) in [6.45, 7) is 4.39. The van der Waals surface area contributed by atoms with Crippen LogP contribution < -0.4 is 10.6 Å². The zero-order valence-electron chi connectivity index (χ0n) is 17.8. The molecule has 0 radical (unpaired) electrons. The third kappa shape index (κ3) is 4.50. The Morgan fingerprint density at radius 2 is 1.81 bits per heavy atom. The highest BCUT2D eigenvalue weighted by Crippen LogP contribution is 2.29. The van der Waals surface area contributed by atoms with Crippen molar-refractivity contribution in [2.45, 2.75) is 44.4 Å². The van der Waals surface area contributed by atoms with E-state index in [-0.39, 0.29) is 17.7 Å². The lowest BCUT2D eigenvalue weighted by Crippen LogP contribution is -2.41. The Hall–Kier alpha value is -2.71. The molecule has 0 aliphatic carbocycles. The Morgan fingerprint density at radius 1 is 1.06 bits per heavy atom. The summed E-state index contributed by atoms with van der Waals surface area (Å²) in [5.74, 6) is -0.323. The molecule has 8 heteroatoms. The number of sulfonamides is 1. The van der Waals surface area contributed by atoms with Crippen LogP contribution in [0.5, 0.6) is 0 Å².